The molecule has 0 bridgehead atoms. The molecule has 1 saturated heterocycles. The van der Waals surface area contributed by atoms with Gasteiger partial charge in [-0.3, -0.25) is 4.79 Å². The van der Waals surface area contributed by atoms with E-state index in [9.17, 15) is 4.79 Å². The first kappa shape index (κ1) is 19.2. The minimum Gasteiger partial charge on any atom is -0.372 e. The van der Waals surface area contributed by atoms with Crippen molar-refractivity contribution in [3.05, 3.63) is 29.3 Å². The number of hydrogen-bond donors (Lipinski definition) is 0. The van der Waals surface area contributed by atoms with Gasteiger partial charge < -0.3 is 14.2 Å². The summed E-state index contributed by atoms with van der Waals surface area (Å²) in [5, 5.41) is 9.98. The van der Waals surface area contributed by atoms with E-state index >= 15 is 0 Å². The lowest BCUT2D eigenvalue weighted by Gasteiger charge is -2.35. The highest BCUT2D eigenvalue weighted by atomic mass is 35.5. The maximum Gasteiger partial charge on any atom is 0.233 e. The van der Waals surface area contributed by atoms with Gasteiger partial charge in [-0.1, -0.05) is 35.5 Å². The predicted molar refractivity (Wildman–Crippen MR) is 103 cm³/mol. The number of halogens is 1. The molecule has 140 valence electrons. The van der Waals surface area contributed by atoms with E-state index in [1.807, 2.05) is 54.5 Å². The molecular formula is C18H23ClN4O2S. The van der Waals surface area contributed by atoms with Crippen LogP contribution in [0, 0.1) is 0 Å². The van der Waals surface area contributed by atoms with Gasteiger partial charge in [0.1, 0.15) is 0 Å². The van der Waals surface area contributed by atoms with Crippen LogP contribution in [-0.2, 0) is 16.1 Å². The van der Waals surface area contributed by atoms with Crippen LogP contribution in [0.15, 0.2) is 29.4 Å². The van der Waals surface area contributed by atoms with Gasteiger partial charge in [-0.25, -0.2) is 0 Å². The third-order valence-electron chi connectivity index (χ3n) is 4.21. The summed E-state index contributed by atoms with van der Waals surface area (Å²) in [6, 6.07) is 7.55. The molecule has 2 unspecified atom stereocenters. The summed E-state index contributed by atoms with van der Waals surface area (Å²) >= 11 is 7.51. The molecule has 2 heterocycles. The summed E-state index contributed by atoms with van der Waals surface area (Å²) in [6.07, 6.45) is 0.142. The molecule has 1 aromatic carbocycles. The molecule has 1 aliphatic rings. The fraction of sp³-hybridized carbons (Fsp3) is 0.500. The number of aromatic nitrogens is 3. The van der Waals surface area contributed by atoms with Gasteiger partial charge in [0.2, 0.25) is 5.91 Å². The minimum absolute atomic E-state index is 0.0708. The number of carbonyl (C=O) groups excluding carboxylic acids is 1. The Morgan fingerprint density at radius 1 is 1.31 bits per heavy atom. The summed E-state index contributed by atoms with van der Waals surface area (Å²) in [4.78, 5) is 14.4. The van der Waals surface area contributed by atoms with E-state index in [4.69, 9.17) is 16.3 Å². The molecule has 1 amide bonds. The minimum atomic E-state index is 0.0708. The first-order chi connectivity index (χ1) is 12.5. The van der Waals surface area contributed by atoms with Gasteiger partial charge in [0.05, 0.1) is 18.0 Å². The Hall–Kier alpha value is -1.57. The molecule has 6 nitrogen and oxygen atoms in total. The van der Waals surface area contributed by atoms with E-state index < -0.39 is 0 Å². The zero-order chi connectivity index (χ0) is 18.7. The summed E-state index contributed by atoms with van der Waals surface area (Å²) in [5.74, 6) is 1.21. The lowest BCUT2D eigenvalue weighted by Crippen LogP contribution is -2.48. The Labute approximate surface area is 162 Å². The highest BCUT2D eigenvalue weighted by Gasteiger charge is 2.26. The van der Waals surface area contributed by atoms with Crippen LogP contribution >= 0.6 is 23.4 Å². The molecule has 0 aliphatic carbocycles. The second kappa shape index (κ2) is 8.41. The first-order valence-corrected chi connectivity index (χ1v) is 10.1. The van der Waals surface area contributed by atoms with Crippen molar-refractivity contribution in [3.8, 4) is 11.4 Å². The SMILES string of the molecule is CCn1c(SCC(=O)N2CC(C)OC(C)C2)nnc1-c1cccc(Cl)c1. The second-order valence-corrected chi connectivity index (χ2v) is 7.78. The number of thioether (sulfide) groups is 1. The smallest absolute Gasteiger partial charge is 0.233 e. The first-order valence-electron chi connectivity index (χ1n) is 8.73. The Morgan fingerprint density at radius 2 is 2.04 bits per heavy atom. The Balaban J connectivity index is 1.70. The lowest BCUT2D eigenvalue weighted by atomic mass is 10.2. The van der Waals surface area contributed by atoms with Crippen LogP contribution in [0.5, 0.6) is 0 Å². The molecule has 0 N–H and O–H groups in total. The summed E-state index contributed by atoms with van der Waals surface area (Å²) in [5.41, 5.74) is 0.917. The monoisotopic (exact) mass is 394 g/mol. The van der Waals surface area contributed by atoms with Crippen molar-refractivity contribution in [2.24, 2.45) is 0 Å². The number of benzene rings is 1. The molecule has 0 spiro atoms. The second-order valence-electron chi connectivity index (χ2n) is 6.41. The van der Waals surface area contributed by atoms with Gasteiger partial charge in [0, 0.05) is 30.2 Å². The normalized spacial score (nSPS) is 20.4. The van der Waals surface area contributed by atoms with E-state index in [1.165, 1.54) is 11.8 Å². The van der Waals surface area contributed by atoms with Crippen LogP contribution in [0.4, 0.5) is 0 Å². The number of nitrogens with zero attached hydrogens (tertiary/aromatic N) is 4. The van der Waals surface area contributed by atoms with Gasteiger partial charge in [-0.2, -0.15) is 0 Å². The van der Waals surface area contributed by atoms with Crippen LogP contribution in [0.3, 0.4) is 0 Å². The number of hydrogen-bond acceptors (Lipinski definition) is 5. The van der Waals surface area contributed by atoms with Crippen LogP contribution < -0.4 is 0 Å². The van der Waals surface area contributed by atoms with Gasteiger partial charge in [-0.15, -0.1) is 10.2 Å². The van der Waals surface area contributed by atoms with Crippen molar-refractivity contribution in [1.29, 1.82) is 0 Å². The van der Waals surface area contributed by atoms with Gasteiger partial charge >= 0.3 is 0 Å². The maximum absolute atomic E-state index is 12.6. The van der Waals surface area contributed by atoms with E-state index in [2.05, 4.69) is 10.2 Å². The molecule has 8 heteroatoms. The topological polar surface area (TPSA) is 60.2 Å². The largest absolute Gasteiger partial charge is 0.372 e. The Bertz CT molecular complexity index is 772. The predicted octanol–water partition coefficient (Wildman–Crippen LogP) is 3.35. The fourth-order valence-electron chi connectivity index (χ4n) is 3.12. The number of amides is 1. The van der Waals surface area contributed by atoms with Crippen LogP contribution in [0.2, 0.25) is 5.02 Å². The Kier molecular flexibility index (Phi) is 6.21. The molecule has 2 atom stereocenters. The number of ether oxygens (including phenoxy) is 1. The average Bonchev–Trinajstić information content (AvgIpc) is 3.01. The number of carbonyl (C=O) groups is 1. The highest BCUT2D eigenvalue weighted by molar-refractivity contribution is 7.99. The zero-order valence-corrected chi connectivity index (χ0v) is 16.8. The van der Waals surface area contributed by atoms with Crippen molar-refractivity contribution in [2.45, 2.75) is 44.7 Å². The molecule has 3 rings (SSSR count). The van der Waals surface area contributed by atoms with Crippen molar-refractivity contribution < 1.29 is 9.53 Å². The fourth-order valence-corrected chi connectivity index (χ4v) is 4.22. The third kappa shape index (κ3) is 4.39. The van der Waals surface area contributed by atoms with Crippen LogP contribution in [0.25, 0.3) is 11.4 Å². The van der Waals surface area contributed by atoms with Crippen LogP contribution in [-0.4, -0.2) is 56.6 Å². The molecule has 2 aromatic rings. The van der Waals surface area contributed by atoms with Crippen molar-refractivity contribution >= 4 is 29.3 Å². The highest BCUT2D eigenvalue weighted by Crippen LogP contribution is 2.26. The van der Waals surface area contributed by atoms with Crippen molar-refractivity contribution in [3.63, 3.8) is 0 Å². The molecule has 0 radical (unpaired) electrons. The number of rotatable bonds is 5. The van der Waals surface area contributed by atoms with Crippen molar-refractivity contribution in [1.82, 2.24) is 19.7 Å². The van der Waals surface area contributed by atoms with E-state index in [-0.39, 0.29) is 18.1 Å². The third-order valence-corrected chi connectivity index (χ3v) is 5.40. The molecule has 1 aliphatic heterocycles. The maximum atomic E-state index is 12.6. The quantitative estimate of drug-likeness (QED) is 0.728. The summed E-state index contributed by atoms with van der Waals surface area (Å²) in [7, 11) is 0. The van der Waals surface area contributed by atoms with E-state index in [0.717, 1.165) is 23.1 Å². The van der Waals surface area contributed by atoms with E-state index in [1.54, 1.807) is 0 Å². The van der Waals surface area contributed by atoms with Gasteiger partial charge in [0.15, 0.2) is 11.0 Å². The van der Waals surface area contributed by atoms with Gasteiger partial charge in [-0.05, 0) is 32.9 Å². The van der Waals surface area contributed by atoms with Crippen molar-refractivity contribution in [2.75, 3.05) is 18.8 Å². The lowest BCUT2D eigenvalue weighted by molar-refractivity contribution is -0.140. The molecular weight excluding hydrogens is 372 g/mol. The number of morpholine rings is 1. The molecule has 26 heavy (non-hydrogen) atoms. The molecule has 1 aromatic heterocycles. The molecule has 0 saturated carbocycles. The standard InChI is InChI=1S/C18H23ClN4O2S/c1-4-23-17(14-6-5-7-15(19)8-14)20-21-18(23)26-11-16(24)22-9-12(2)25-13(3)10-22/h5-8,12-13H,4,9-11H2,1-3H3. The zero-order valence-electron chi connectivity index (χ0n) is 15.2. The average molecular weight is 395 g/mol. The Morgan fingerprint density at radius 3 is 2.69 bits per heavy atom. The summed E-state index contributed by atoms with van der Waals surface area (Å²) in [6.45, 7) is 8.02. The van der Waals surface area contributed by atoms with Crippen LogP contribution in [0.1, 0.15) is 20.8 Å². The van der Waals surface area contributed by atoms with E-state index in [0.29, 0.717) is 23.9 Å². The van der Waals surface area contributed by atoms with Gasteiger partial charge in [0.25, 0.3) is 0 Å². The molecule has 1 fully saturated rings. The summed E-state index contributed by atoms with van der Waals surface area (Å²) < 4.78 is 7.70.